The summed E-state index contributed by atoms with van der Waals surface area (Å²) in [6, 6.07) is 1.52. The predicted molar refractivity (Wildman–Crippen MR) is 96.6 cm³/mol. The second-order valence-corrected chi connectivity index (χ2v) is 6.14. The van der Waals surface area contributed by atoms with Gasteiger partial charge in [-0.15, -0.1) is 0 Å². The Morgan fingerprint density at radius 2 is 2.11 bits per heavy atom. The number of hydrogen-bond donors (Lipinski definition) is 3. The third-order valence-electron chi connectivity index (χ3n) is 4.36. The number of aromatic carboxylic acids is 1. The van der Waals surface area contributed by atoms with Gasteiger partial charge in [-0.3, -0.25) is 4.79 Å². The Morgan fingerprint density at radius 1 is 1.37 bits per heavy atom. The standard InChI is InChI=1S/C18H18N2O7/c1-3-4-8-15-9(11(20-26-2)6-12(19-15)17(22)23)5-10-13(21)7-14(18(24)25)27-16(8)10/h5,7,12,19H,3-4,6H2,1-2H3,(H,22,23)(H,24,25). The smallest absolute Gasteiger partial charge is 0.371 e. The molecular weight excluding hydrogens is 356 g/mol. The molecule has 1 aliphatic heterocycles. The average Bonchev–Trinajstić information content (AvgIpc) is 2.62. The molecule has 27 heavy (non-hydrogen) atoms. The summed E-state index contributed by atoms with van der Waals surface area (Å²) in [6.07, 6.45) is 1.19. The van der Waals surface area contributed by atoms with Gasteiger partial charge in [0, 0.05) is 23.6 Å². The number of benzene rings is 1. The fraction of sp³-hybridized carbons (Fsp3) is 0.333. The van der Waals surface area contributed by atoms with Gasteiger partial charge in [-0.25, -0.2) is 9.59 Å². The predicted octanol–water partition coefficient (Wildman–Crippen LogP) is 2.06. The highest BCUT2D eigenvalue weighted by Gasteiger charge is 2.32. The zero-order chi connectivity index (χ0) is 19.7. The van der Waals surface area contributed by atoms with Crippen molar-refractivity contribution in [2.24, 2.45) is 5.16 Å². The van der Waals surface area contributed by atoms with Crippen LogP contribution >= 0.6 is 0 Å². The molecule has 1 aromatic heterocycles. The minimum atomic E-state index is -1.35. The molecule has 3 N–H and O–H groups in total. The highest BCUT2D eigenvalue weighted by atomic mass is 16.6. The Hall–Kier alpha value is -3.36. The average molecular weight is 374 g/mol. The Morgan fingerprint density at radius 3 is 2.70 bits per heavy atom. The van der Waals surface area contributed by atoms with E-state index in [1.165, 1.54) is 13.2 Å². The highest BCUT2D eigenvalue weighted by Crippen LogP contribution is 2.35. The number of anilines is 1. The Bertz CT molecular complexity index is 1020. The lowest BCUT2D eigenvalue weighted by molar-refractivity contribution is -0.137. The Labute approximate surface area is 153 Å². The molecule has 0 bridgehead atoms. The van der Waals surface area contributed by atoms with Crippen molar-refractivity contribution in [3.05, 3.63) is 39.2 Å². The van der Waals surface area contributed by atoms with Crippen molar-refractivity contribution in [2.45, 2.75) is 32.2 Å². The van der Waals surface area contributed by atoms with Gasteiger partial charge in [-0.1, -0.05) is 18.5 Å². The van der Waals surface area contributed by atoms with Crippen molar-refractivity contribution in [3.8, 4) is 0 Å². The summed E-state index contributed by atoms with van der Waals surface area (Å²) in [5.41, 5.74) is 1.58. The summed E-state index contributed by atoms with van der Waals surface area (Å²) in [4.78, 5) is 40.1. The highest BCUT2D eigenvalue weighted by molar-refractivity contribution is 6.13. The number of carboxylic acids is 2. The normalized spacial score (nSPS) is 17.4. The first-order valence-electron chi connectivity index (χ1n) is 8.34. The molecule has 2 heterocycles. The lowest BCUT2D eigenvalue weighted by Gasteiger charge is -2.27. The van der Waals surface area contributed by atoms with E-state index in [0.29, 0.717) is 35.4 Å². The van der Waals surface area contributed by atoms with E-state index in [1.54, 1.807) is 0 Å². The first-order valence-corrected chi connectivity index (χ1v) is 8.34. The maximum absolute atomic E-state index is 12.5. The SMILES string of the molecule is CCCc1c2c(cc3c(=O)cc(C(=O)O)oc13)C(=NOC)CC(C(=O)O)N2. The lowest BCUT2D eigenvalue weighted by atomic mass is 9.90. The van der Waals surface area contributed by atoms with Gasteiger partial charge in [0.1, 0.15) is 18.7 Å². The fourth-order valence-electron chi connectivity index (χ4n) is 3.22. The van der Waals surface area contributed by atoms with E-state index < -0.39 is 29.2 Å². The molecule has 0 amide bonds. The Balaban J connectivity index is 2.39. The van der Waals surface area contributed by atoms with Crippen molar-refractivity contribution in [1.29, 1.82) is 0 Å². The van der Waals surface area contributed by atoms with Gasteiger partial charge in [0.2, 0.25) is 5.76 Å². The van der Waals surface area contributed by atoms with E-state index in [0.717, 1.165) is 6.07 Å². The molecule has 1 atom stereocenters. The van der Waals surface area contributed by atoms with Gasteiger partial charge < -0.3 is 24.8 Å². The zero-order valence-electron chi connectivity index (χ0n) is 14.7. The first-order chi connectivity index (χ1) is 12.9. The van der Waals surface area contributed by atoms with Crippen molar-refractivity contribution in [2.75, 3.05) is 12.4 Å². The molecule has 9 heteroatoms. The number of oxime groups is 1. The van der Waals surface area contributed by atoms with Crippen molar-refractivity contribution >= 4 is 34.3 Å². The minimum Gasteiger partial charge on any atom is -0.480 e. The maximum atomic E-state index is 12.5. The minimum absolute atomic E-state index is 0.0752. The second-order valence-electron chi connectivity index (χ2n) is 6.14. The van der Waals surface area contributed by atoms with E-state index in [2.05, 4.69) is 10.5 Å². The molecule has 0 saturated heterocycles. The number of rotatable bonds is 5. The molecule has 3 rings (SSSR count). The number of carbonyl (C=O) groups is 2. The largest absolute Gasteiger partial charge is 0.480 e. The second kappa shape index (κ2) is 7.10. The van der Waals surface area contributed by atoms with E-state index in [4.69, 9.17) is 9.25 Å². The molecule has 1 aliphatic rings. The monoisotopic (exact) mass is 374 g/mol. The number of aliphatic carboxylic acids is 1. The summed E-state index contributed by atoms with van der Waals surface area (Å²) >= 11 is 0. The van der Waals surface area contributed by atoms with Gasteiger partial charge in [-0.05, 0) is 12.5 Å². The van der Waals surface area contributed by atoms with Crippen LogP contribution < -0.4 is 10.7 Å². The first kappa shape index (κ1) is 18.4. The van der Waals surface area contributed by atoms with Crippen LogP contribution in [0.5, 0.6) is 0 Å². The van der Waals surface area contributed by atoms with Crippen LogP contribution in [0.2, 0.25) is 0 Å². The van der Waals surface area contributed by atoms with E-state index in [1.807, 2.05) is 6.92 Å². The van der Waals surface area contributed by atoms with E-state index in [-0.39, 0.29) is 17.4 Å². The molecule has 2 aromatic rings. The maximum Gasteiger partial charge on any atom is 0.371 e. The number of nitrogens with one attached hydrogen (secondary N) is 1. The lowest BCUT2D eigenvalue weighted by Crippen LogP contribution is -2.37. The summed E-state index contributed by atoms with van der Waals surface area (Å²) in [5.74, 6) is -2.89. The van der Waals surface area contributed by atoms with E-state index >= 15 is 0 Å². The van der Waals surface area contributed by atoms with Crippen LogP contribution in [0.15, 0.2) is 26.5 Å². The van der Waals surface area contributed by atoms with Gasteiger partial charge in [-0.2, -0.15) is 0 Å². The van der Waals surface area contributed by atoms with Crippen molar-refractivity contribution < 1.29 is 29.1 Å². The van der Waals surface area contributed by atoms with Gasteiger partial charge in [0.05, 0.1) is 16.8 Å². The molecule has 0 fully saturated rings. The number of nitrogens with zero attached hydrogens (tertiary/aromatic N) is 1. The topological polar surface area (TPSA) is 138 Å². The Kier molecular flexibility index (Phi) is 4.85. The third-order valence-corrected chi connectivity index (χ3v) is 4.36. The van der Waals surface area contributed by atoms with Crippen molar-refractivity contribution in [3.63, 3.8) is 0 Å². The van der Waals surface area contributed by atoms with Crippen LogP contribution in [0.4, 0.5) is 5.69 Å². The van der Waals surface area contributed by atoms with E-state index in [9.17, 15) is 24.6 Å². The fourth-order valence-corrected chi connectivity index (χ4v) is 3.22. The van der Waals surface area contributed by atoms with Crippen LogP contribution in [0.25, 0.3) is 11.0 Å². The van der Waals surface area contributed by atoms with Crippen LogP contribution in [0.1, 0.15) is 41.4 Å². The molecular formula is C18H18N2O7. The van der Waals surface area contributed by atoms with Gasteiger partial charge in [0.25, 0.3) is 0 Å². The number of hydrogen-bond acceptors (Lipinski definition) is 7. The van der Waals surface area contributed by atoms with Gasteiger partial charge in [0.15, 0.2) is 5.43 Å². The molecule has 9 nitrogen and oxygen atoms in total. The molecule has 0 aliphatic carbocycles. The molecule has 1 aromatic carbocycles. The summed E-state index contributed by atoms with van der Waals surface area (Å²) in [6.45, 7) is 1.91. The van der Waals surface area contributed by atoms with Crippen LogP contribution in [0.3, 0.4) is 0 Å². The number of fused-ring (bicyclic) bond motifs is 2. The molecule has 0 saturated carbocycles. The van der Waals surface area contributed by atoms with Crippen LogP contribution in [-0.2, 0) is 16.1 Å². The third kappa shape index (κ3) is 3.23. The molecule has 0 radical (unpaired) electrons. The van der Waals surface area contributed by atoms with Crippen LogP contribution in [0, 0.1) is 0 Å². The molecule has 1 unspecified atom stereocenters. The summed E-state index contributed by atoms with van der Waals surface area (Å²) in [7, 11) is 1.35. The zero-order valence-corrected chi connectivity index (χ0v) is 14.7. The molecule has 142 valence electrons. The number of carboxylic acid groups (broad SMARTS) is 2. The molecule has 0 spiro atoms. The summed E-state index contributed by atoms with van der Waals surface area (Å²) in [5, 5.41) is 25.7. The van der Waals surface area contributed by atoms with Gasteiger partial charge >= 0.3 is 11.9 Å². The van der Waals surface area contributed by atoms with Crippen molar-refractivity contribution in [1.82, 2.24) is 0 Å². The quantitative estimate of drug-likeness (QED) is 0.676. The number of aryl methyl sites for hydroxylation is 1. The van der Waals surface area contributed by atoms with Crippen LogP contribution in [-0.4, -0.2) is 41.0 Å². The summed E-state index contributed by atoms with van der Waals surface area (Å²) < 4.78 is 5.49.